The summed E-state index contributed by atoms with van der Waals surface area (Å²) in [6, 6.07) is 12.6. The molecule has 4 rings (SSSR count). The van der Waals surface area contributed by atoms with E-state index in [4.69, 9.17) is 0 Å². The molecule has 1 saturated carbocycles. The van der Waals surface area contributed by atoms with Gasteiger partial charge in [-0.15, -0.1) is 0 Å². The molecule has 0 unspecified atom stereocenters. The predicted molar refractivity (Wildman–Crippen MR) is 111 cm³/mol. The number of amides is 2. The Hall–Kier alpha value is -3.48. The molecule has 0 saturated heterocycles. The molecule has 1 aromatic heterocycles. The summed E-state index contributed by atoms with van der Waals surface area (Å²) in [5.41, 5.74) is 2.65. The van der Waals surface area contributed by atoms with Gasteiger partial charge in [0.15, 0.2) is 0 Å². The Morgan fingerprint density at radius 1 is 1.14 bits per heavy atom. The molecule has 1 fully saturated rings. The van der Waals surface area contributed by atoms with Gasteiger partial charge < -0.3 is 10.6 Å². The second kappa shape index (κ2) is 7.87. The summed E-state index contributed by atoms with van der Waals surface area (Å²) in [5, 5.41) is 6.27. The third kappa shape index (κ3) is 4.34. The highest BCUT2D eigenvalue weighted by Crippen LogP contribution is 2.19. The molecule has 0 bridgehead atoms. The minimum Gasteiger partial charge on any atom is -0.349 e. The van der Waals surface area contributed by atoms with Crippen LogP contribution < -0.4 is 16.2 Å². The van der Waals surface area contributed by atoms with Crippen molar-refractivity contribution < 1.29 is 9.59 Å². The predicted octanol–water partition coefficient (Wildman–Crippen LogP) is 2.63. The lowest BCUT2D eigenvalue weighted by Crippen LogP contribution is -2.25. The van der Waals surface area contributed by atoms with Crippen LogP contribution >= 0.6 is 0 Å². The van der Waals surface area contributed by atoms with E-state index in [2.05, 4.69) is 15.6 Å². The SMILES string of the molecule is Cc1cccc2c(=O)n(CCC(=O)Nc3ccc(C(=O)NC4CC4)cc3)cnc12. The monoisotopic (exact) mass is 390 g/mol. The van der Waals surface area contributed by atoms with Crippen molar-refractivity contribution in [3.8, 4) is 0 Å². The number of rotatable bonds is 6. The number of aryl methyl sites for hydroxylation is 2. The Kier molecular flexibility index (Phi) is 5.12. The van der Waals surface area contributed by atoms with Crippen LogP contribution in [-0.4, -0.2) is 27.4 Å². The zero-order valence-electron chi connectivity index (χ0n) is 16.1. The van der Waals surface area contributed by atoms with Crippen molar-refractivity contribution >= 4 is 28.4 Å². The fourth-order valence-electron chi connectivity index (χ4n) is 3.14. The second-order valence-electron chi connectivity index (χ2n) is 7.34. The van der Waals surface area contributed by atoms with Gasteiger partial charge in [0.05, 0.1) is 17.2 Å². The van der Waals surface area contributed by atoms with Crippen LogP contribution in [0.15, 0.2) is 53.6 Å². The van der Waals surface area contributed by atoms with Gasteiger partial charge in [-0.2, -0.15) is 0 Å². The molecule has 1 aliphatic carbocycles. The largest absolute Gasteiger partial charge is 0.349 e. The lowest BCUT2D eigenvalue weighted by molar-refractivity contribution is -0.116. The first kappa shape index (κ1) is 18.9. The summed E-state index contributed by atoms with van der Waals surface area (Å²) in [5.74, 6) is -0.305. The molecule has 0 spiro atoms. The van der Waals surface area contributed by atoms with E-state index < -0.39 is 0 Å². The van der Waals surface area contributed by atoms with Gasteiger partial charge in [0.2, 0.25) is 5.91 Å². The summed E-state index contributed by atoms with van der Waals surface area (Å²) in [7, 11) is 0. The number of fused-ring (bicyclic) bond motifs is 1. The van der Waals surface area contributed by atoms with Gasteiger partial charge in [-0.05, 0) is 55.7 Å². The minimum absolute atomic E-state index is 0.0937. The van der Waals surface area contributed by atoms with E-state index in [9.17, 15) is 14.4 Å². The highest BCUT2D eigenvalue weighted by molar-refractivity contribution is 5.96. The number of carbonyl (C=O) groups is 2. The molecule has 0 atom stereocenters. The number of benzene rings is 2. The number of anilines is 1. The van der Waals surface area contributed by atoms with Gasteiger partial charge in [-0.1, -0.05) is 12.1 Å². The fraction of sp³-hybridized carbons (Fsp3) is 0.273. The van der Waals surface area contributed by atoms with Crippen molar-refractivity contribution in [2.75, 3.05) is 5.32 Å². The van der Waals surface area contributed by atoms with Crippen LogP contribution in [0, 0.1) is 6.92 Å². The van der Waals surface area contributed by atoms with E-state index >= 15 is 0 Å². The Morgan fingerprint density at radius 3 is 2.62 bits per heavy atom. The van der Waals surface area contributed by atoms with Crippen molar-refractivity contribution in [2.24, 2.45) is 0 Å². The topological polar surface area (TPSA) is 93.1 Å². The second-order valence-corrected chi connectivity index (χ2v) is 7.34. The third-order valence-electron chi connectivity index (χ3n) is 4.98. The summed E-state index contributed by atoms with van der Waals surface area (Å²) in [6.07, 6.45) is 3.70. The highest BCUT2D eigenvalue weighted by atomic mass is 16.2. The maximum Gasteiger partial charge on any atom is 0.261 e. The smallest absolute Gasteiger partial charge is 0.261 e. The fourth-order valence-corrected chi connectivity index (χ4v) is 3.14. The summed E-state index contributed by atoms with van der Waals surface area (Å²) >= 11 is 0. The number of para-hydroxylation sites is 1. The first-order valence-corrected chi connectivity index (χ1v) is 9.67. The first-order chi connectivity index (χ1) is 14.0. The van der Waals surface area contributed by atoms with Crippen molar-refractivity contribution in [3.05, 3.63) is 70.3 Å². The molecule has 2 N–H and O–H groups in total. The van der Waals surface area contributed by atoms with Crippen LogP contribution in [0.25, 0.3) is 10.9 Å². The van der Waals surface area contributed by atoms with E-state index in [1.165, 1.54) is 10.9 Å². The molecule has 148 valence electrons. The zero-order valence-corrected chi connectivity index (χ0v) is 16.1. The molecular formula is C22H22N4O3. The van der Waals surface area contributed by atoms with Gasteiger partial charge in [-0.3, -0.25) is 19.0 Å². The molecular weight excluding hydrogens is 368 g/mol. The van der Waals surface area contributed by atoms with E-state index in [0.717, 1.165) is 18.4 Å². The number of hydrogen-bond acceptors (Lipinski definition) is 4. The first-order valence-electron chi connectivity index (χ1n) is 9.67. The van der Waals surface area contributed by atoms with Gasteiger partial charge in [0.25, 0.3) is 11.5 Å². The van der Waals surface area contributed by atoms with Crippen LogP contribution in [0.1, 0.15) is 35.2 Å². The molecule has 7 nitrogen and oxygen atoms in total. The Bertz CT molecular complexity index is 1130. The molecule has 2 amide bonds. The van der Waals surface area contributed by atoms with Gasteiger partial charge in [0, 0.05) is 30.3 Å². The van der Waals surface area contributed by atoms with Crippen molar-refractivity contribution in [1.29, 1.82) is 0 Å². The van der Waals surface area contributed by atoms with Crippen LogP contribution in [-0.2, 0) is 11.3 Å². The summed E-state index contributed by atoms with van der Waals surface area (Å²) in [6.45, 7) is 2.15. The highest BCUT2D eigenvalue weighted by Gasteiger charge is 2.23. The lowest BCUT2D eigenvalue weighted by atomic mass is 10.1. The number of aromatic nitrogens is 2. The van der Waals surface area contributed by atoms with Gasteiger partial charge >= 0.3 is 0 Å². The molecule has 7 heteroatoms. The third-order valence-corrected chi connectivity index (χ3v) is 4.98. The number of carbonyl (C=O) groups excluding carboxylic acids is 2. The van der Waals surface area contributed by atoms with Crippen molar-refractivity contribution in [3.63, 3.8) is 0 Å². The average Bonchev–Trinajstić information content (AvgIpc) is 3.52. The zero-order chi connectivity index (χ0) is 20.4. The summed E-state index contributed by atoms with van der Waals surface area (Å²) < 4.78 is 1.45. The van der Waals surface area contributed by atoms with Crippen molar-refractivity contribution in [1.82, 2.24) is 14.9 Å². The van der Waals surface area contributed by atoms with E-state index in [1.807, 2.05) is 19.1 Å². The molecule has 2 aromatic carbocycles. The molecule has 0 radical (unpaired) electrons. The Morgan fingerprint density at radius 2 is 1.90 bits per heavy atom. The Labute approximate surface area is 167 Å². The van der Waals surface area contributed by atoms with Gasteiger partial charge in [-0.25, -0.2) is 4.98 Å². The number of nitrogens with zero attached hydrogens (tertiary/aromatic N) is 2. The molecule has 29 heavy (non-hydrogen) atoms. The van der Waals surface area contributed by atoms with Crippen LogP contribution in [0.3, 0.4) is 0 Å². The summed E-state index contributed by atoms with van der Waals surface area (Å²) in [4.78, 5) is 41.2. The van der Waals surface area contributed by atoms with Gasteiger partial charge in [0.1, 0.15) is 0 Å². The number of hydrogen-bond donors (Lipinski definition) is 2. The normalized spacial score (nSPS) is 13.3. The minimum atomic E-state index is -0.212. The number of nitrogens with one attached hydrogen (secondary N) is 2. The van der Waals surface area contributed by atoms with E-state index in [0.29, 0.717) is 28.2 Å². The standard InChI is InChI=1S/C22H22N4O3/c1-14-3-2-4-18-20(14)23-13-26(22(18)29)12-11-19(27)24-16-7-5-15(6-8-16)21(28)25-17-9-10-17/h2-8,13,17H,9-12H2,1H3,(H,24,27)(H,25,28). The molecule has 0 aliphatic heterocycles. The molecule has 1 aliphatic rings. The van der Waals surface area contributed by atoms with Crippen LogP contribution in [0.5, 0.6) is 0 Å². The van der Waals surface area contributed by atoms with Crippen LogP contribution in [0.4, 0.5) is 5.69 Å². The average molecular weight is 390 g/mol. The van der Waals surface area contributed by atoms with E-state index in [-0.39, 0.29) is 30.3 Å². The van der Waals surface area contributed by atoms with Crippen LogP contribution in [0.2, 0.25) is 0 Å². The quantitative estimate of drug-likeness (QED) is 0.677. The van der Waals surface area contributed by atoms with Crippen molar-refractivity contribution in [2.45, 2.75) is 38.8 Å². The molecule has 1 heterocycles. The molecule has 3 aromatic rings. The maximum absolute atomic E-state index is 12.6. The lowest BCUT2D eigenvalue weighted by Gasteiger charge is -2.09. The Balaban J connectivity index is 1.36. The van der Waals surface area contributed by atoms with E-state index in [1.54, 1.807) is 30.3 Å². The maximum atomic E-state index is 12.6.